The van der Waals surface area contributed by atoms with E-state index < -0.39 is 0 Å². The molecule has 63 heavy (non-hydrogen) atoms. The van der Waals surface area contributed by atoms with Gasteiger partial charge in [-0.05, 0) is 156 Å². The maximum atomic E-state index is 2.48. The lowest BCUT2D eigenvalue weighted by atomic mass is 9.85. The summed E-state index contributed by atoms with van der Waals surface area (Å²) in [4.78, 5) is 0. The molecule has 0 bridgehead atoms. The molecule has 0 nitrogen and oxygen atoms in total. The Hall–Kier alpha value is -7.84. The average molecular weight is 813 g/mol. The van der Waals surface area contributed by atoms with Gasteiger partial charge in [-0.25, -0.2) is 0 Å². The lowest BCUT2D eigenvalue weighted by molar-refractivity contribution is 1.66. The number of fused-ring (bicyclic) bond motifs is 17. The summed E-state index contributed by atoms with van der Waals surface area (Å²) in [6, 6.07) is 81.8. The van der Waals surface area contributed by atoms with E-state index >= 15 is 0 Å². The van der Waals surface area contributed by atoms with Gasteiger partial charge in [-0.15, -0.1) is 11.3 Å². The molecule has 0 fully saturated rings. The fourth-order valence-corrected chi connectivity index (χ4v) is 12.1. The molecule has 14 aromatic rings. The summed E-state index contributed by atoms with van der Waals surface area (Å²) in [6.45, 7) is 0. The summed E-state index contributed by atoms with van der Waals surface area (Å²) in [5, 5.41) is 23.3. The van der Waals surface area contributed by atoms with Gasteiger partial charge in [-0.1, -0.05) is 182 Å². The van der Waals surface area contributed by atoms with Crippen molar-refractivity contribution in [2.24, 2.45) is 0 Å². The molecule has 0 aliphatic rings. The first kappa shape index (κ1) is 34.8. The summed E-state index contributed by atoms with van der Waals surface area (Å²) < 4.78 is 2.63. The SMILES string of the molecule is c1ccc(-c2c3ccccc3c(-c3ccc4sc5cc6c7ccc(-c8ccc9c%10ccccc%10c%10ccccc%10c9c8)cc7c7ccccc7c6cc5c4c3)c3ccccc23)cc1. The molecule has 0 aliphatic carbocycles. The lowest BCUT2D eigenvalue weighted by Gasteiger charge is -2.17. The molecule has 290 valence electrons. The van der Waals surface area contributed by atoms with E-state index in [4.69, 9.17) is 0 Å². The highest BCUT2D eigenvalue weighted by Crippen LogP contribution is 2.47. The summed E-state index contributed by atoms with van der Waals surface area (Å²) in [5.41, 5.74) is 7.56. The Balaban J connectivity index is 0.970. The fourth-order valence-electron chi connectivity index (χ4n) is 11.0. The van der Waals surface area contributed by atoms with E-state index in [0.717, 1.165) is 0 Å². The van der Waals surface area contributed by atoms with E-state index in [2.05, 4.69) is 218 Å². The van der Waals surface area contributed by atoms with Crippen molar-refractivity contribution in [1.82, 2.24) is 0 Å². The van der Waals surface area contributed by atoms with Crippen LogP contribution in [0.5, 0.6) is 0 Å². The minimum Gasteiger partial charge on any atom is -0.135 e. The highest BCUT2D eigenvalue weighted by Gasteiger charge is 2.19. The minimum absolute atomic E-state index is 1.23. The van der Waals surface area contributed by atoms with Gasteiger partial charge in [-0.3, -0.25) is 0 Å². The van der Waals surface area contributed by atoms with Crippen LogP contribution in [-0.2, 0) is 0 Å². The maximum Gasteiger partial charge on any atom is 0.0362 e. The number of thiophene rings is 1. The van der Waals surface area contributed by atoms with E-state index in [0.29, 0.717) is 0 Å². The molecule has 0 aliphatic heterocycles. The Kier molecular flexibility index (Phi) is 7.37. The van der Waals surface area contributed by atoms with Crippen LogP contribution in [0.25, 0.3) is 140 Å². The molecule has 1 heteroatoms. The highest BCUT2D eigenvalue weighted by molar-refractivity contribution is 7.25. The minimum atomic E-state index is 1.23. The van der Waals surface area contributed by atoms with Crippen LogP contribution in [0.3, 0.4) is 0 Å². The van der Waals surface area contributed by atoms with Gasteiger partial charge in [-0.2, -0.15) is 0 Å². The summed E-state index contributed by atoms with van der Waals surface area (Å²) >= 11 is 1.90. The average Bonchev–Trinajstić information content (AvgIpc) is 3.72. The predicted octanol–water partition coefficient (Wildman–Crippen LogP) is 18.3. The van der Waals surface area contributed by atoms with Gasteiger partial charge in [0.15, 0.2) is 0 Å². The number of rotatable bonds is 3. The molecule has 0 N–H and O–H groups in total. The van der Waals surface area contributed by atoms with E-state index in [1.165, 1.54) is 140 Å². The van der Waals surface area contributed by atoms with Gasteiger partial charge < -0.3 is 0 Å². The zero-order valence-electron chi connectivity index (χ0n) is 34.2. The van der Waals surface area contributed by atoms with Crippen LogP contribution in [0.1, 0.15) is 0 Å². The van der Waals surface area contributed by atoms with Crippen LogP contribution in [-0.4, -0.2) is 0 Å². The Morgan fingerprint density at radius 2 is 0.508 bits per heavy atom. The Bertz CT molecular complexity index is 4160. The molecule has 0 saturated carbocycles. The van der Waals surface area contributed by atoms with Crippen molar-refractivity contribution in [2.75, 3.05) is 0 Å². The molecule has 1 heterocycles. The van der Waals surface area contributed by atoms with Crippen molar-refractivity contribution in [3.63, 3.8) is 0 Å². The smallest absolute Gasteiger partial charge is 0.0362 e. The van der Waals surface area contributed by atoms with E-state index in [1.54, 1.807) is 0 Å². The van der Waals surface area contributed by atoms with Crippen molar-refractivity contribution in [3.8, 4) is 33.4 Å². The van der Waals surface area contributed by atoms with Crippen LogP contribution < -0.4 is 0 Å². The lowest BCUT2D eigenvalue weighted by Crippen LogP contribution is -1.90. The molecule has 0 radical (unpaired) electrons. The second-order valence-corrected chi connectivity index (χ2v) is 18.2. The summed E-state index contributed by atoms with van der Waals surface area (Å²) in [7, 11) is 0. The topological polar surface area (TPSA) is 0 Å². The zero-order valence-corrected chi connectivity index (χ0v) is 35.0. The summed E-state index contributed by atoms with van der Waals surface area (Å²) in [5.74, 6) is 0. The highest BCUT2D eigenvalue weighted by atomic mass is 32.1. The number of hydrogen-bond acceptors (Lipinski definition) is 1. The van der Waals surface area contributed by atoms with Gasteiger partial charge >= 0.3 is 0 Å². The number of benzene rings is 13. The normalized spacial score (nSPS) is 12.1. The molecule has 13 aromatic carbocycles. The third-order valence-electron chi connectivity index (χ3n) is 13.8. The molecule has 0 saturated heterocycles. The first-order valence-electron chi connectivity index (χ1n) is 21.8. The monoisotopic (exact) mass is 812 g/mol. The van der Waals surface area contributed by atoms with Crippen LogP contribution in [0, 0.1) is 0 Å². The Morgan fingerprint density at radius 3 is 1.02 bits per heavy atom. The fraction of sp³-hybridized carbons (Fsp3) is 0. The second-order valence-electron chi connectivity index (χ2n) is 17.1. The third kappa shape index (κ3) is 5.09. The Morgan fingerprint density at radius 1 is 0.175 bits per heavy atom. The van der Waals surface area contributed by atoms with Crippen molar-refractivity contribution < 1.29 is 0 Å². The van der Waals surface area contributed by atoms with E-state index in [1.807, 2.05) is 11.3 Å². The third-order valence-corrected chi connectivity index (χ3v) is 14.9. The standard InChI is InChI=1S/C62H36S/c1-2-14-37(15-3-1)61-49-22-10-12-24-51(49)62(52-25-13-11-23-50(52)61)40-28-31-59-57(34-40)58-35-55-46-21-9-8-20-45(46)54-33-39(27-30-48(54)56(55)36-60(58)63-59)38-26-29-47-43-18-5-4-16-41(43)42-17-6-7-19-44(42)53(47)32-38/h1-36H. The molecular formula is C62H36S. The molecule has 0 atom stereocenters. The molecule has 1 aromatic heterocycles. The van der Waals surface area contributed by atoms with Gasteiger partial charge in [0.05, 0.1) is 0 Å². The molecule has 0 unspecified atom stereocenters. The second kappa shape index (κ2) is 13.3. The first-order chi connectivity index (χ1) is 31.2. The van der Waals surface area contributed by atoms with E-state index in [9.17, 15) is 0 Å². The predicted molar refractivity (Wildman–Crippen MR) is 276 cm³/mol. The van der Waals surface area contributed by atoms with Crippen LogP contribution in [0.15, 0.2) is 218 Å². The Labute approximate surface area is 367 Å². The van der Waals surface area contributed by atoms with Gasteiger partial charge in [0.2, 0.25) is 0 Å². The van der Waals surface area contributed by atoms with Gasteiger partial charge in [0, 0.05) is 20.2 Å². The maximum absolute atomic E-state index is 2.48. The van der Waals surface area contributed by atoms with Gasteiger partial charge in [0.25, 0.3) is 0 Å². The van der Waals surface area contributed by atoms with Crippen molar-refractivity contribution in [3.05, 3.63) is 218 Å². The zero-order chi connectivity index (χ0) is 41.2. The molecule has 0 amide bonds. The molecule has 0 spiro atoms. The van der Waals surface area contributed by atoms with Crippen LogP contribution >= 0.6 is 11.3 Å². The molecular weight excluding hydrogens is 777 g/mol. The largest absolute Gasteiger partial charge is 0.135 e. The van der Waals surface area contributed by atoms with Crippen LogP contribution in [0.4, 0.5) is 0 Å². The van der Waals surface area contributed by atoms with Crippen molar-refractivity contribution in [2.45, 2.75) is 0 Å². The first-order valence-corrected chi connectivity index (χ1v) is 22.6. The van der Waals surface area contributed by atoms with Gasteiger partial charge in [0.1, 0.15) is 0 Å². The van der Waals surface area contributed by atoms with E-state index in [-0.39, 0.29) is 0 Å². The molecule has 14 rings (SSSR count). The number of hydrogen-bond donors (Lipinski definition) is 0. The summed E-state index contributed by atoms with van der Waals surface area (Å²) in [6.07, 6.45) is 0. The van der Waals surface area contributed by atoms with Crippen molar-refractivity contribution >= 4 is 118 Å². The van der Waals surface area contributed by atoms with Crippen molar-refractivity contribution in [1.29, 1.82) is 0 Å². The van der Waals surface area contributed by atoms with Crippen LogP contribution in [0.2, 0.25) is 0 Å². The quantitative estimate of drug-likeness (QED) is 0.123.